The second kappa shape index (κ2) is 9.54. The number of hydrogen-bond acceptors (Lipinski definition) is 5. The molecule has 4 aromatic rings. The number of carbonyl (C=O) groups excluding carboxylic acids is 2. The van der Waals surface area contributed by atoms with Gasteiger partial charge in [0.2, 0.25) is 5.91 Å². The van der Waals surface area contributed by atoms with Crippen LogP contribution in [0.4, 0.5) is 0 Å². The summed E-state index contributed by atoms with van der Waals surface area (Å²) in [6, 6.07) is 20.3. The highest BCUT2D eigenvalue weighted by Crippen LogP contribution is 2.41. The minimum absolute atomic E-state index is 0.188. The van der Waals surface area contributed by atoms with Crippen LogP contribution in [0, 0.1) is 0 Å². The molecule has 0 saturated heterocycles. The Kier molecular flexibility index (Phi) is 6.14. The van der Waals surface area contributed by atoms with E-state index in [1.165, 1.54) is 0 Å². The van der Waals surface area contributed by atoms with Crippen molar-refractivity contribution in [3.05, 3.63) is 95.2 Å². The fourth-order valence-corrected chi connectivity index (χ4v) is 4.63. The summed E-state index contributed by atoms with van der Waals surface area (Å²) in [5.74, 6) is 0.194. The SMILES string of the molecule is COc1ccc(C2OC(=O)c3ccccc3C2C(=O)NCCc2c[nH]c3cc(OC)ccc23)cc1. The lowest BCUT2D eigenvalue weighted by Crippen LogP contribution is -2.38. The Hall–Kier alpha value is -4.26. The molecule has 35 heavy (non-hydrogen) atoms. The van der Waals surface area contributed by atoms with Crippen molar-refractivity contribution in [1.29, 1.82) is 0 Å². The number of esters is 1. The number of rotatable bonds is 7. The van der Waals surface area contributed by atoms with Crippen LogP contribution in [0.2, 0.25) is 0 Å². The number of carbonyl (C=O) groups is 2. The summed E-state index contributed by atoms with van der Waals surface area (Å²) in [5.41, 5.74) is 3.91. The van der Waals surface area contributed by atoms with E-state index in [9.17, 15) is 9.59 Å². The smallest absolute Gasteiger partial charge is 0.339 e. The fourth-order valence-electron chi connectivity index (χ4n) is 4.63. The third-order valence-corrected chi connectivity index (χ3v) is 6.45. The summed E-state index contributed by atoms with van der Waals surface area (Å²) in [5, 5.41) is 4.15. The van der Waals surface area contributed by atoms with Crippen molar-refractivity contribution in [3.8, 4) is 11.5 Å². The first-order valence-electron chi connectivity index (χ1n) is 11.4. The van der Waals surface area contributed by atoms with E-state index in [0.717, 1.165) is 27.8 Å². The standard InChI is InChI=1S/C28H26N2O5/c1-33-19-9-7-17(8-10-19)26-25(22-5-3-4-6-23(22)28(32)35-26)27(31)29-14-13-18-16-30-24-15-20(34-2)11-12-21(18)24/h3-12,15-16,25-26,30H,13-14H2,1-2H3,(H,29,31). The first-order valence-corrected chi connectivity index (χ1v) is 11.4. The van der Waals surface area contributed by atoms with Crippen molar-refractivity contribution in [1.82, 2.24) is 10.3 Å². The van der Waals surface area contributed by atoms with Crippen LogP contribution in [0.15, 0.2) is 72.9 Å². The lowest BCUT2D eigenvalue weighted by molar-refractivity contribution is -0.125. The Morgan fingerprint density at radius 1 is 1.00 bits per heavy atom. The van der Waals surface area contributed by atoms with Crippen LogP contribution in [-0.2, 0) is 16.0 Å². The number of aromatic nitrogens is 1. The average Bonchev–Trinajstić information content (AvgIpc) is 3.30. The molecule has 5 rings (SSSR count). The number of amides is 1. The first kappa shape index (κ1) is 22.5. The molecule has 2 N–H and O–H groups in total. The zero-order valence-corrected chi connectivity index (χ0v) is 19.5. The quantitative estimate of drug-likeness (QED) is 0.387. The normalized spacial score (nSPS) is 16.9. The number of hydrogen-bond donors (Lipinski definition) is 2. The van der Waals surface area contributed by atoms with Crippen molar-refractivity contribution < 1.29 is 23.8 Å². The van der Waals surface area contributed by atoms with Gasteiger partial charge in [0, 0.05) is 29.7 Å². The second-order valence-corrected chi connectivity index (χ2v) is 8.43. The predicted octanol–water partition coefficient (Wildman–Crippen LogP) is 4.54. The maximum Gasteiger partial charge on any atom is 0.339 e. The molecule has 0 saturated carbocycles. The molecule has 178 valence electrons. The summed E-state index contributed by atoms with van der Waals surface area (Å²) in [4.78, 5) is 29.5. The third-order valence-electron chi connectivity index (χ3n) is 6.45. The van der Waals surface area contributed by atoms with Crippen LogP contribution in [0.1, 0.15) is 39.1 Å². The van der Waals surface area contributed by atoms with Crippen molar-refractivity contribution >= 4 is 22.8 Å². The Morgan fingerprint density at radius 2 is 1.74 bits per heavy atom. The number of aromatic amines is 1. The van der Waals surface area contributed by atoms with Gasteiger partial charge < -0.3 is 24.5 Å². The summed E-state index contributed by atoms with van der Waals surface area (Å²) in [6.07, 6.45) is 1.87. The van der Waals surface area contributed by atoms with Gasteiger partial charge in [-0.25, -0.2) is 4.79 Å². The Labute approximate surface area is 203 Å². The van der Waals surface area contributed by atoms with Gasteiger partial charge in [0.1, 0.15) is 23.5 Å². The molecular formula is C28H26N2O5. The minimum Gasteiger partial charge on any atom is -0.497 e. The van der Waals surface area contributed by atoms with Crippen molar-refractivity contribution in [3.63, 3.8) is 0 Å². The van der Waals surface area contributed by atoms with Gasteiger partial charge in [-0.3, -0.25) is 4.79 Å². The predicted molar refractivity (Wildman–Crippen MR) is 132 cm³/mol. The van der Waals surface area contributed by atoms with E-state index in [0.29, 0.717) is 29.8 Å². The van der Waals surface area contributed by atoms with Gasteiger partial charge in [-0.2, -0.15) is 0 Å². The largest absolute Gasteiger partial charge is 0.497 e. The topological polar surface area (TPSA) is 89.6 Å². The van der Waals surface area contributed by atoms with Gasteiger partial charge in [0.15, 0.2) is 0 Å². The molecule has 1 amide bonds. The van der Waals surface area contributed by atoms with Crippen LogP contribution in [0.25, 0.3) is 10.9 Å². The molecule has 0 radical (unpaired) electrons. The Balaban J connectivity index is 1.37. The van der Waals surface area contributed by atoms with Gasteiger partial charge in [-0.15, -0.1) is 0 Å². The van der Waals surface area contributed by atoms with Crippen LogP contribution in [0.5, 0.6) is 11.5 Å². The van der Waals surface area contributed by atoms with E-state index in [1.807, 2.05) is 48.7 Å². The van der Waals surface area contributed by atoms with E-state index in [-0.39, 0.29) is 5.91 Å². The van der Waals surface area contributed by atoms with E-state index in [1.54, 1.807) is 38.5 Å². The zero-order chi connectivity index (χ0) is 24.4. The highest BCUT2D eigenvalue weighted by Gasteiger charge is 2.40. The Morgan fingerprint density at radius 3 is 2.51 bits per heavy atom. The van der Waals surface area contributed by atoms with Crippen molar-refractivity contribution in [2.75, 3.05) is 20.8 Å². The highest BCUT2D eigenvalue weighted by atomic mass is 16.5. The molecule has 0 fully saturated rings. The molecule has 2 heterocycles. The number of ether oxygens (including phenoxy) is 3. The molecule has 1 aliphatic rings. The summed E-state index contributed by atoms with van der Waals surface area (Å²) >= 11 is 0. The lowest BCUT2D eigenvalue weighted by Gasteiger charge is -2.32. The zero-order valence-electron chi connectivity index (χ0n) is 19.5. The minimum atomic E-state index is -0.733. The van der Waals surface area contributed by atoms with Crippen LogP contribution >= 0.6 is 0 Å². The Bertz CT molecular complexity index is 1380. The maximum atomic E-state index is 13.5. The van der Waals surface area contributed by atoms with Gasteiger partial charge in [0.25, 0.3) is 0 Å². The van der Waals surface area contributed by atoms with E-state index in [4.69, 9.17) is 14.2 Å². The van der Waals surface area contributed by atoms with Gasteiger partial charge in [0.05, 0.1) is 19.8 Å². The lowest BCUT2D eigenvalue weighted by atomic mass is 9.83. The molecule has 0 aliphatic carbocycles. The number of benzene rings is 3. The van der Waals surface area contributed by atoms with E-state index < -0.39 is 18.0 Å². The fraction of sp³-hybridized carbons (Fsp3) is 0.214. The average molecular weight is 471 g/mol. The summed E-state index contributed by atoms with van der Waals surface area (Å²) < 4.78 is 16.3. The monoisotopic (exact) mass is 470 g/mol. The van der Waals surface area contributed by atoms with Crippen LogP contribution < -0.4 is 14.8 Å². The molecule has 2 unspecified atom stereocenters. The maximum absolute atomic E-state index is 13.5. The molecule has 0 spiro atoms. The molecule has 7 nitrogen and oxygen atoms in total. The summed E-state index contributed by atoms with van der Waals surface area (Å²) in [7, 11) is 3.23. The molecule has 7 heteroatoms. The van der Waals surface area contributed by atoms with Crippen molar-refractivity contribution in [2.45, 2.75) is 18.4 Å². The molecule has 1 aromatic heterocycles. The van der Waals surface area contributed by atoms with Crippen LogP contribution in [0.3, 0.4) is 0 Å². The van der Waals surface area contributed by atoms with Gasteiger partial charge in [-0.05, 0) is 53.4 Å². The second-order valence-electron chi connectivity index (χ2n) is 8.43. The molecule has 2 atom stereocenters. The first-order chi connectivity index (χ1) is 17.1. The number of nitrogens with one attached hydrogen (secondary N) is 2. The van der Waals surface area contributed by atoms with E-state index in [2.05, 4.69) is 10.3 Å². The number of cyclic esters (lactones) is 1. The molecule has 3 aromatic carbocycles. The molecule has 0 bridgehead atoms. The number of fused-ring (bicyclic) bond motifs is 2. The molecule has 1 aliphatic heterocycles. The van der Waals surface area contributed by atoms with Gasteiger partial charge >= 0.3 is 5.97 Å². The van der Waals surface area contributed by atoms with Crippen molar-refractivity contribution in [2.24, 2.45) is 0 Å². The number of methoxy groups -OCH3 is 2. The van der Waals surface area contributed by atoms with Gasteiger partial charge in [-0.1, -0.05) is 30.3 Å². The number of H-pyrrole nitrogens is 1. The summed E-state index contributed by atoms with van der Waals surface area (Å²) in [6.45, 7) is 0.444. The highest BCUT2D eigenvalue weighted by molar-refractivity contribution is 5.97. The molecular weight excluding hydrogens is 444 g/mol. The third kappa shape index (κ3) is 4.33. The van der Waals surface area contributed by atoms with E-state index >= 15 is 0 Å². The van der Waals surface area contributed by atoms with Crippen LogP contribution in [-0.4, -0.2) is 37.6 Å².